The van der Waals surface area contributed by atoms with Crippen LogP contribution in [0.2, 0.25) is 0 Å². The Bertz CT molecular complexity index is 1140. The highest BCUT2D eigenvalue weighted by Gasteiger charge is 2.33. The lowest BCUT2D eigenvalue weighted by atomic mass is 9.85. The monoisotopic (exact) mass is 430 g/mol. The molecule has 1 aromatic carbocycles. The zero-order valence-corrected chi connectivity index (χ0v) is 18.4. The highest BCUT2D eigenvalue weighted by Crippen LogP contribution is 2.38. The van der Waals surface area contributed by atoms with Crippen molar-refractivity contribution in [2.75, 3.05) is 24.7 Å². The van der Waals surface area contributed by atoms with Crippen molar-refractivity contribution >= 4 is 23.2 Å². The van der Waals surface area contributed by atoms with E-state index in [0.717, 1.165) is 5.76 Å². The van der Waals surface area contributed by atoms with Crippen molar-refractivity contribution in [1.82, 2.24) is 10.1 Å². The number of carbonyl (C=O) groups is 1. The number of phenolic OH excluding ortho intramolecular Hbond substituents is 1. The lowest BCUT2D eigenvalue weighted by Gasteiger charge is -2.29. The van der Waals surface area contributed by atoms with Crippen LogP contribution in [0.15, 0.2) is 39.4 Å². The second kappa shape index (κ2) is 8.21. The molecule has 31 heavy (non-hydrogen) atoms. The minimum atomic E-state index is -0.366. The van der Waals surface area contributed by atoms with E-state index in [1.165, 1.54) is 11.0 Å². The molecule has 0 unspecified atom stereocenters. The smallest absolute Gasteiger partial charge is 0.371 e. The SMILES string of the molecule is Cc1ccc([C@H](Nc2[nH]o[n+](=O)c2Nc2cccc(C(=O)N(C)C)c2O)C(C)(C)C)o1. The van der Waals surface area contributed by atoms with Gasteiger partial charge in [-0.2, -0.15) is 0 Å². The summed E-state index contributed by atoms with van der Waals surface area (Å²) < 4.78 is 10.9. The fourth-order valence-corrected chi connectivity index (χ4v) is 3.13. The van der Waals surface area contributed by atoms with E-state index in [9.17, 15) is 14.8 Å². The number of furan rings is 1. The number of phenols is 1. The average Bonchev–Trinajstić information content (AvgIpc) is 3.26. The first-order valence-corrected chi connectivity index (χ1v) is 9.77. The van der Waals surface area contributed by atoms with Crippen LogP contribution in [0.5, 0.6) is 5.75 Å². The molecule has 0 radical (unpaired) electrons. The quantitative estimate of drug-likeness (QED) is 0.438. The Hall–Kier alpha value is -3.69. The highest BCUT2D eigenvalue weighted by atomic mass is 16.7. The Kier molecular flexibility index (Phi) is 5.83. The molecule has 1 atom stereocenters. The Labute approximate surface area is 179 Å². The van der Waals surface area contributed by atoms with Crippen LogP contribution >= 0.6 is 0 Å². The molecule has 1 amide bonds. The summed E-state index contributed by atoms with van der Waals surface area (Å²) in [7, 11) is 3.17. The summed E-state index contributed by atoms with van der Waals surface area (Å²) in [6.45, 7) is 7.95. The number of benzene rings is 1. The van der Waals surface area contributed by atoms with Gasteiger partial charge in [-0.3, -0.25) is 10.1 Å². The number of aromatic hydroxyl groups is 1. The second-order valence-corrected chi connectivity index (χ2v) is 8.59. The summed E-state index contributed by atoms with van der Waals surface area (Å²) in [6, 6.07) is 8.10. The fourth-order valence-electron chi connectivity index (χ4n) is 3.13. The maximum Gasteiger partial charge on any atom is 0.371 e. The predicted molar refractivity (Wildman–Crippen MR) is 115 cm³/mol. The van der Waals surface area contributed by atoms with E-state index in [1.54, 1.807) is 26.2 Å². The lowest BCUT2D eigenvalue weighted by molar-refractivity contribution is -0.701. The molecule has 2 heterocycles. The molecule has 3 rings (SSSR count). The van der Waals surface area contributed by atoms with Crippen LogP contribution < -0.4 is 15.2 Å². The number of amides is 1. The number of aromatic amines is 1. The molecule has 10 heteroatoms. The molecule has 4 N–H and O–H groups in total. The number of para-hydroxylation sites is 1. The van der Waals surface area contributed by atoms with Crippen LogP contribution in [0.4, 0.5) is 17.3 Å². The molecule has 0 spiro atoms. The van der Waals surface area contributed by atoms with Gasteiger partial charge in [0.2, 0.25) is 0 Å². The molecule has 0 aliphatic heterocycles. The van der Waals surface area contributed by atoms with Gasteiger partial charge in [0.15, 0.2) is 10.3 Å². The summed E-state index contributed by atoms with van der Waals surface area (Å²) in [4.78, 5) is 25.9. The number of H-pyrrole nitrogens is 1. The number of nitrogens with zero attached hydrogens (tertiary/aromatic N) is 2. The fraction of sp³-hybridized carbons (Fsp3) is 0.381. The molecule has 0 bridgehead atoms. The number of aryl methyl sites for hydroxylation is 1. The van der Waals surface area contributed by atoms with Crippen LogP contribution in [0, 0.1) is 17.2 Å². The third-order valence-corrected chi connectivity index (χ3v) is 4.78. The molecule has 0 saturated carbocycles. The van der Waals surface area contributed by atoms with Gasteiger partial charge in [0.05, 0.1) is 11.6 Å². The first-order valence-electron chi connectivity index (χ1n) is 9.77. The maximum atomic E-state index is 12.3. The Morgan fingerprint density at radius 1 is 1.23 bits per heavy atom. The summed E-state index contributed by atoms with van der Waals surface area (Å²) in [5, 5.41) is 19.2. The van der Waals surface area contributed by atoms with Crippen LogP contribution in [-0.4, -0.2) is 35.2 Å². The van der Waals surface area contributed by atoms with Gasteiger partial charge in [0, 0.05) is 14.1 Å². The van der Waals surface area contributed by atoms with Crippen LogP contribution in [0.25, 0.3) is 0 Å². The molecule has 10 nitrogen and oxygen atoms in total. The Balaban J connectivity index is 1.96. The molecular weight excluding hydrogens is 402 g/mol. The van der Waals surface area contributed by atoms with Crippen molar-refractivity contribution in [2.45, 2.75) is 33.7 Å². The number of aromatic nitrogens is 2. The summed E-state index contributed by atoms with van der Waals surface area (Å²) in [6.07, 6.45) is 0. The average molecular weight is 430 g/mol. The normalized spacial score (nSPS) is 12.5. The molecule has 166 valence electrons. The zero-order chi connectivity index (χ0) is 22.9. The van der Waals surface area contributed by atoms with Crippen LogP contribution in [-0.2, 0) is 0 Å². The molecular formula is C21H28N5O5+. The summed E-state index contributed by atoms with van der Waals surface area (Å²) in [5.74, 6) is 1.07. The molecule has 3 aromatic rings. The van der Waals surface area contributed by atoms with E-state index in [4.69, 9.17) is 9.05 Å². The number of hydrogen-bond donors (Lipinski definition) is 4. The molecule has 0 fully saturated rings. The van der Waals surface area contributed by atoms with Gasteiger partial charge >= 0.3 is 5.82 Å². The van der Waals surface area contributed by atoms with Gasteiger partial charge in [-0.25, -0.2) is 0 Å². The van der Waals surface area contributed by atoms with E-state index in [-0.39, 0.29) is 50.6 Å². The number of carbonyl (C=O) groups excluding carboxylic acids is 1. The second-order valence-electron chi connectivity index (χ2n) is 8.59. The predicted octanol–water partition coefficient (Wildman–Crippen LogP) is 3.77. The van der Waals surface area contributed by atoms with E-state index >= 15 is 0 Å². The van der Waals surface area contributed by atoms with E-state index in [2.05, 4.69) is 15.8 Å². The molecule has 0 aliphatic rings. The van der Waals surface area contributed by atoms with Crippen molar-refractivity contribution in [3.05, 3.63) is 52.3 Å². The van der Waals surface area contributed by atoms with Crippen molar-refractivity contribution in [2.24, 2.45) is 5.41 Å². The van der Waals surface area contributed by atoms with Crippen LogP contribution in [0.1, 0.15) is 48.7 Å². The van der Waals surface area contributed by atoms with Crippen LogP contribution in [0.3, 0.4) is 0 Å². The lowest BCUT2D eigenvalue weighted by Crippen LogP contribution is -2.26. The minimum Gasteiger partial charge on any atom is -0.504 e. The van der Waals surface area contributed by atoms with E-state index < -0.39 is 0 Å². The highest BCUT2D eigenvalue weighted by molar-refractivity contribution is 5.98. The van der Waals surface area contributed by atoms with E-state index in [1.807, 2.05) is 39.8 Å². The van der Waals surface area contributed by atoms with Crippen molar-refractivity contribution in [3.63, 3.8) is 0 Å². The topological polar surface area (TPSA) is 130 Å². The van der Waals surface area contributed by atoms with Crippen molar-refractivity contribution < 1.29 is 23.5 Å². The molecule has 0 saturated heterocycles. The van der Waals surface area contributed by atoms with Gasteiger partial charge < -0.3 is 19.7 Å². The number of rotatable bonds is 6. The molecule has 2 aromatic heterocycles. The number of nitrogens with one attached hydrogen (secondary N) is 3. The van der Waals surface area contributed by atoms with Gasteiger partial charge in [0.25, 0.3) is 11.7 Å². The summed E-state index contributed by atoms with van der Waals surface area (Å²) >= 11 is 0. The maximum absolute atomic E-state index is 12.3. The Morgan fingerprint density at radius 2 is 1.94 bits per heavy atom. The minimum absolute atomic E-state index is 0.0118. The largest absolute Gasteiger partial charge is 0.504 e. The summed E-state index contributed by atoms with van der Waals surface area (Å²) in [5.41, 5.74) is 0.00461. The van der Waals surface area contributed by atoms with Gasteiger partial charge in [0.1, 0.15) is 17.2 Å². The zero-order valence-electron chi connectivity index (χ0n) is 18.4. The third kappa shape index (κ3) is 4.57. The first kappa shape index (κ1) is 22.0. The van der Waals surface area contributed by atoms with Crippen molar-refractivity contribution in [3.8, 4) is 5.75 Å². The standard InChI is InChI=1S/C21H27N5O5/c1-12-10-11-15(30-12)17(21(2,3)4)23-18-19(26(29)31-24-18)22-14-9-7-8-13(16(14)27)20(28)25(5)6/h7-11,17,22H,1-6H3,(H2-,23,24,27,28,29)/p+1/t17-/m0/s1. The Morgan fingerprint density at radius 3 is 2.52 bits per heavy atom. The van der Waals surface area contributed by atoms with Gasteiger partial charge in [-0.1, -0.05) is 32.0 Å². The number of hydrogen-bond acceptors (Lipinski definition) is 7. The first-order chi connectivity index (χ1) is 14.5. The van der Waals surface area contributed by atoms with E-state index in [0.29, 0.717) is 5.76 Å². The van der Waals surface area contributed by atoms with Gasteiger partial charge in [-0.05, 0) is 41.5 Å². The van der Waals surface area contributed by atoms with Gasteiger partial charge in [-0.15, -0.1) is 4.63 Å². The van der Waals surface area contributed by atoms with Crippen molar-refractivity contribution in [1.29, 1.82) is 0 Å². The number of anilines is 3. The third-order valence-electron chi connectivity index (χ3n) is 4.78. The molecule has 0 aliphatic carbocycles.